The van der Waals surface area contributed by atoms with Crippen molar-refractivity contribution in [2.75, 3.05) is 25.6 Å². The lowest BCUT2D eigenvalue weighted by Gasteiger charge is -2.22. The van der Waals surface area contributed by atoms with E-state index in [1.54, 1.807) is 12.1 Å². The van der Waals surface area contributed by atoms with Crippen molar-refractivity contribution >= 4 is 29.2 Å². The molecule has 0 saturated carbocycles. The molecule has 3 N–H and O–H groups in total. The zero-order valence-electron chi connectivity index (χ0n) is 11.4. The van der Waals surface area contributed by atoms with Crippen LogP contribution in [0.15, 0.2) is 18.2 Å². The van der Waals surface area contributed by atoms with Crippen molar-refractivity contribution in [3.63, 3.8) is 0 Å². The molecule has 1 aromatic carbocycles. The van der Waals surface area contributed by atoms with Gasteiger partial charge < -0.3 is 20.5 Å². The number of halogens is 1. The molecule has 1 heterocycles. The highest BCUT2D eigenvalue weighted by Crippen LogP contribution is 2.23. The maximum absolute atomic E-state index is 11.9. The summed E-state index contributed by atoms with van der Waals surface area (Å²) in [6.45, 7) is 0.911. The maximum Gasteiger partial charge on any atom is 0.340 e. The SMILES string of the molecule is Nc1cccc(C(=O)OCC(=O)NC2CCOCC2)c1Cl. The fourth-order valence-electron chi connectivity index (χ4n) is 2.03. The highest BCUT2D eigenvalue weighted by atomic mass is 35.5. The molecule has 2 rings (SSSR count). The Labute approximate surface area is 127 Å². The van der Waals surface area contributed by atoms with Gasteiger partial charge >= 0.3 is 5.97 Å². The van der Waals surface area contributed by atoms with E-state index in [2.05, 4.69) is 5.32 Å². The minimum absolute atomic E-state index is 0.0703. The summed E-state index contributed by atoms with van der Waals surface area (Å²) in [6, 6.07) is 4.75. The zero-order chi connectivity index (χ0) is 15.2. The molecule has 1 aliphatic heterocycles. The minimum atomic E-state index is -0.672. The quantitative estimate of drug-likeness (QED) is 0.647. The van der Waals surface area contributed by atoms with E-state index in [4.69, 9.17) is 26.8 Å². The van der Waals surface area contributed by atoms with Gasteiger partial charge in [0.25, 0.3) is 5.91 Å². The number of anilines is 1. The molecule has 1 aromatic rings. The number of hydrogen-bond donors (Lipinski definition) is 2. The van der Waals surface area contributed by atoms with Gasteiger partial charge in [0.05, 0.1) is 16.3 Å². The Morgan fingerprint density at radius 3 is 2.81 bits per heavy atom. The van der Waals surface area contributed by atoms with Crippen LogP contribution in [0.3, 0.4) is 0 Å². The Hall–Kier alpha value is -1.79. The lowest BCUT2D eigenvalue weighted by Crippen LogP contribution is -2.41. The molecule has 0 spiro atoms. The van der Waals surface area contributed by atoms with Gasteiger partial charge in [0.2, 0.25) is 0 Å². The number of nitrogens with one attached hydrogen (secondary N) is 1. The van der Waals surface area contributed by atoms with Crippen molar-refractivity contribution in [2.24, 2.45) is 0 Å². The van der Waals surface area contributed by atoms with Crippen LogP contribution in [0.2, 0.25) is 5.02 Å². The smallest absolute Gasteiger partial charge is 0.340 e. The van der Waals surface area contributed by atoms with Gasteiger partial charge in [0.15, 0.2) is 6.61 Å². The number of rotatable bonds is 4. The monoisotopic (exact) mass is 312 g/mol. The second-order valence-corrected chi connectivity index (χ2v) is 5.12. The zero-order valence-corrected chi connectivity index (χ0v) is 12.2. The average Bonchev–Trinajstić information content (AvgIpc) is 2.48. The van der Waals surface area contributed by atoms with E-state index in [0.29, 0.717) is 13.2 Å². The lowest BCUT2D eigenvalue weighted by atomic mass is 10.1. The van der Waals surface area contributed by atoms with Crippen LogP contribution in [0.25, 0.3) is 0 Å². The number of carbonyl (C=O) groups is 2. The number of esters is 1. The first-order valence-electron chi connectivity index (χ1n) is 6.66. The number of amides is 1. The van der Waals surface area contributed by atoms with Crippen molar-refractivity contribution in [1.82, 2.24) is 5.32 Å². The van der Waals surface area contributed by atoms with Crippen molar-refractivity contribution < 1.29 is 19.1 Å². The average molecular weight is 313 g/mol. The van der Waals surface area contributed by atoms with Crippen LogP contribution in [0.5, 0.6) is 0 Å². The lowest BCUT2D eigenvalue weighted by molar-refractivity contribution is -0.125. The van der Waals surface area contributed by atoms with Gasteiger partial charge in [-0.2, -0.15) is 0 Å². The van der Waals surface area contributed by atoms with Crippen molar-refractivity contribution in [2.45, 2.75) is 18.9 Å². The molecule has 0 aromatic heterocycles. The van der Waals surface area contributed by atoms with E-state index >= 15 is 0 Å². The normalized spacial score (nSPS) is 15.5. The summed E-state index contributed by atoms with van der Waals surface area (Å²) < 4.78 is 10.1. The first-order chi connectivity index (χ1) is 10.1. The standard InChI is InChI=1S/C14H17ClN2O4/c15-13-10(2-1-3-11(13)16)14(19)21-8-12(18)17-9-4-6-20-7-5-9/h1-3,9H,4-8,16H2,(H,17,18). The number of hydrogen-bond acceptors (Lipinski definition) is 5. The molecule has 0 aliphatic carbocycles. The highest BCUT2D eigenvalue weighted by molar-refractivity contribution is 6.36. The predicted molar refractivity (Wildman–Crippen MR) is 78.1 cm³/mol. The number of benzene rings is 1. The molecule has 7 heteroatoms. The first-order valence-corrected chi connectivity index (χ1v) is 7.04. The Morgan fingerprint density at radius 2 is 2.10 bits per heavy atom. The van der Waals surface area contributed by atoms with E-state index in [9.17, 15) is 9.59 Å². The molecule has 114 valence electrons. The molecule has 0 unspecified atom stereocenters. The molecule has 0 radical (unpaired) electrons. The molecule has 1 amide bonds. The van der Waals surface area contributed by atoms with Gasteiger partial charge in [-0.25, -0.2) is 4.79 Å². The summed E-state index contributed by atoms with van der Waals surface area (Å²) in [6.07, 6.45) is 1.53. The molecule has 1 fully saturated rings. The van der Waals surface area contributed by atoms with E-state index in [-0.39, 0.29) is 34.8 Å². The molecular formula is C14H17ClN2O4. The molecule has 1 aliphatic rings. The van der Waals surface area contributed by atoms with E-state index in [1.165, 1.54) is 6.07 Å². The summed E-state index contributed by atoms with van der Waals surface area (Å²) in [7, 11) is 0. The molecular weight excluding hydrogens is 296 g/mol. The van der Waals surface area contributed by atoms with Gasteiger partial charge in [0.1, 0.15) is 0 Å². The summed E-state index contributed by atoms with van der Waals surface area (Å²) in [5, 5.41) is 2.93. The van der Waals surface area contributed by atoms with E-state index in [0.717, 1.165) is 12.8 Å². The van der Waals surface area contributed by atoms with Crippen molar-refractivity contribution in [1.29, 1.82) is 0 Å². The van der Waals surface area contributed by atoms with E-state index in [1.807, 2.05) is 0 Å². The number of carbonyl (C=O) groups excluding carboxylic acids is 2. The number of nitrogen functional groups attached to an aromatic ring is 1. The third-order valence-corrected chi connectivity index (χ3v) is 3.59. The third kappa shape index (κ3) is 4.34. The van der Waals surface area contributed by atoms with Gasteiger partial charge in [0, 0.05) is 19.3 Å². The first kappa shape index (κ1) is 15.6. The Morgan fingerprint density at radius 1 is 1.38 bits per heavy atom. The molecule has 6 nitrogen and oxygen atoms in total. The van der Waals surface area contributed by atoms with Crippen LogP contribution in [0.1, 0.15) is 23.2 Å². The fraction of sp³-hybridized carbons (Fsp3) is 0.429. The highest BCUT2D eigenvalue weighted by Gasteiger charge is 2.18. The van der Waals surface area contributed by atoms with Crippen molar-refractivity contribution in [3.8, 4) is 0 Å². The fourth-order valence-corrected chi connectivity index (χ4v) is 2.23. The van der Waals surface area contributed by atoms with Crippen LogP contribution < -0.4 is 11.1 Å². The van der Waals surface area contributed by atoms with Crippen LogP contribution in [-0.2, 0) is 14.3 Å². The van der Waals surface area contributed by atoms with E-state index < -0.39 is 5.97 Å². The Bertz CT molecular complexity index is 530. The van der Waals surface area contributed by atoms with Gasteiger partial charge in [-0.05, 0) is 25.0 Å². The third-order valence-electron chi connectivity index (χ3n) is 3.17. The topological polar surface area (TPSA) is 90.7 Å². The Kier molecular flexibility index (Phi) is 5.41. The maximum atomic E-state index is 11.9. The van der Waals surface area contributed by atoms with Gasteiger partial charge in [-0.3, -0.25) is 4.79 Å². The minimum Gasteiger partial charge on any atom is -0.452 e. The largest absolute Gasteiger partial charge is 0.452 e. The summed E-state index contributed by atoms with van der Waals surface area (Å²) in [5.74, 6) is -1.01. The number of nitrogens with two attached hydrogens (primary N) is 1. The molecule has 1 saturated heterocycles. The second-order valence-electron chi connectivity index (χ2n) is 4.74. The second kappa shape index (κ2) is 7.28. The van der Waals surface area contributed by atoms with Gasteiger partial charge in [-0.1, -0.05) is 17.7 Å². The van der Waals surface area contributed by atoms with Crippen LogP contribution in [0, 0.1) is 0 Å². The Balaban J connectivity index is 1.83. The van der Waals surface area contributed by atoms with Crippen LogP contribution in [0.4, 0.5) is 5.69 Å². The van der Waals surface area contributed by atoms with Crippen molar-refractivity contribution in [3.05, 3.63) is 28.8 Å². The predicted octanol–water partition coefficient (Wildman–Crippen LogP) is 1.37. The summed E-state index contributed by atoms with van der Waals surface area (Å²) >= 11 is 5.92. The molecule has 0 bridgehead atoms. The summed E-state index contributed by atoms with van der Waals surface area (Å²) in [4.78, 5) is 23.6. The molecule has 0 atom stereocenters. The van der Waals surface area contributed by atoms with Crippen LogP contribution >= 0.6 is 11.6 Å². The summed E-state index contributed by atoms with van der Waals surface area (Å²) in [5.41, 5.74) is 6.05. The van der Waals surface area contributed by atoms with Crippen LogP contribution in [-0.4, -0.2) is 37.7 Å². The number of ether oxygens (including phenoxy) is 2. The van der Waals surface area contributed by atoms with Gasteiger partial charge in [-0.15, -0.1) is 0 Å². The molecule has 21 heavy (non-hydrogen) atoms.